The number of hydrogen-bond donors (Lipinski definition) is 2. The zero-order valence-corrected chi connectivity index (χ0v) is 9.65. The van der Waals surface area contributed by atoms with Crippen molar-refractivity contribution in [1.82, 2.24) is 0 Å². The summed E-state index contributed by atoms with van der Waals surface area (Å²) < 4.78 is 0. The van der Waals surface area contributed by atoms with E-state index in [9.17, 15) is 9.59 Å². The minimum absolute atomic E-state index is 0.361. The lowest BCUT2D eigenvalue weighted by molar-refractivity contribution is -0.138. The molecule has 0 aliphatic rings. The molecule has 1 aromatic rings. The van der Waals surface area contributed by atoms with Crippen LogP contribution >= 0.6 is 11.6 Å². The third-order valence-electron chi connectivity index (χ3n) is 1.62. The maximum absolute atomic E-state index is 10.4. The van der Waals surface area contributed by atoms with Crippen molar-refractivity contribution in [2.24, 2.45) is 5.73 Å². The van der Waals surface area contributed by atoms with Crippen LogP contribution in [0.15, 0.2) is 30.3 Å². The molecular formula is C11H14ClNO3. The zero-order valence-electron chi connectivity index (χ0n) is 8.89. The second-order valence-electron chi connectivity index (χ2n) is 3.10. The third-order valence-corrected chi connectivity index (χ3v) is 1.62. The van der Waals surface area contributed by atoms with E-state index in [1.807, 2.05) is 30.3 Å². The Bertz CT molecular complexity index is 336. The van der Waals surface area contributed by atoms with E-state index in [1.54, 1.807) is 0 Å². The van der Waals surface area contributed by atoms with Gasteiger partial charge in [-0.25, -0.2) is 0 Å². The van der Waals surface area contributed by atoms with Gasteiger partial charge in [-0.05, 0) is 23.6 Å². The quantitative estimate of drug-likeness (QED) is 0.787. The molecule has 0 aromatic heterocycles. The summed E-state index contributed by atoms with van der Waals surface area (Å²) >= 11 is 4.64. The number of aliphatic carboxylic acids is 1. The van der Waals surface area contributed by atoms with Crippen LogP contribution in [-0.2, 0) is 16.0 Å². The molecule has 0 radical (unpaired) electrons. The van der Waals surface area contributed by atoms with Crippen molar-refractivity contribution in [1.29, 1.82) is 0 Å². The highest BCUT2D eigenvalue weighted by atomic mass is 35.5. The summed E-state index contributed by atoms with van der Waals surface area (Å²) in [6, 6.07) is 8.54. The normalized spacial score (nSPS) is 10.9. The Kier molecular flexibility index (Phi) is 7.16. The molecule has 5 heteroatoms. The lowest BCUT2D eigenvalue weighted by Crippen LogP contribution is -2.32. The molecule has 0 aliphatic heterocycles. The van der Waals surface area contributed by atoms with Gasteiger partial charge in [0.1, 0.15) is 6.04 Å². The number of benzene rings is 1. The maximum Gasteiger partial charge on any atom is 0.320 e. The molecule has 1 atom stereocenters. The molecule has 0 aliphatic carbocycles. The minimum Gasteiger partial charge on any atom is -0.480 e. The average Bonchev–Trinajstić information content (AvgIpc) is 2.18. The number of hydrogen-bond acceptors (Lipinski definition) is 3. The number of nitrogens with two attached hydrogens (primary N) is 1. The van der Waals surface area contributed by atoms with Crippen LogP contribution in [0.2, 0.25) is 0 Å². The largest absolute Gasteiger partial charge is 0.480 e. The second-order valence-corrected chi connectivity index (χ2v) is 3.64. The molecule has 0 spiro atoms. The van der Waals surface area contributed by atoms with Crippen LogP contribution in [-0.4, -0.2) is 22.4 Å². The van der Waals surface area contributed by atoms with Gasteiger partial charge in [0.05, 0.1) is 0 Å². The Hall–Kier alpha value is -1.39. The van der Waals surface area contributed by atoms with E-state index in [4.69, 9.17) is 10.8 Å². The van der Waals surface area contributed by atoms with E-state index in [1.165, 1.54) is 6.92 Å². The summed E-state index contributed by atoms with van der Waals surface area (Å²) in [6.45, 7) is 1.29. The van der Waals surface area contributed by atoms with Crippen molar-refractivity contribution in [3.63, 3.8) is 0 Å². The van der Waals surface area contributed by atoms with Crippen LogP contribution in [0.25, 0.3) is 0 Å². The van der Waals surface area contributed by atoms with Gasteiger partial charge in [0.15, 0.2) is 0 Å². The monoisotopic (exact) mass is 243 g/mol. The van der Waals surface area contributed by atoms with Crippen molar-refractivity contribution >= 4 is 22.8 Å². The van der Waals surface area contributed by atoms with E-state index in [0.29, 0.717) is 6.42 Å². The maximum atomic E-state index is 10.4. The van der Waals surface area contributed by atoms with Crippen LogP contribution in [0.1, 0.15) is 12.5 Å². The Morgan fingerprint density at radius 2 is 1.81 bits per heavy atom. The molecule has 88 valence electrons. The summed E-state index contributed by atoms with van der Waals surface area (Å²) in [5, 5.41) is 8.16. The molecule has 0 amide bonds. The van der Waals surface area contributed by atoms with Gasteiger partial charge in [-0.2, -0.15) is 0 Å². The predicted molar refractivity (Wildman–Crippen MR) is 62.3 cm³/mol. The van der Waals surface area contributed by atoms with Gasteiger partial charge in [0.25, 0.3) is 0 Å². The lowest BCUT2D eigenvalue weighted by Gasteiger charge is -2.04. The second kappa shape index (κ2) is 7.84. The van der Waals surface area contributed by atoms with Crippen LogP contribution in [0, 0.1) is 0 Å². The number of carboxylic acids is 1. The highest BCUT2D eigenvalue weighted by molar-refractivity contribution is 6.62. The van der Waals surface area contributed by atoms with E-state index in [2.05, 4.69) is 11.6 Å². The molecule has 16 heavy (non-hydrogen) atoms. The summed E-state index contributed by atoms with van der Waals surface area (Å²) in [7, 11) is 0. The fraction of sp³-hybridized carbons (Fsp3) is 0.273. The molecule has 0 heterocycles. The Morgan fingerprint density at radius 3 is 2.19 bits per heavy atom. The Morgan fingerprint density at radius 1 is 1.38 bits per heavy atom. The van der Waals surface area contributed by atoms with Crippen LogP contribution < -0.4 is 5.73 Å². The van der Waals surface area contributed by atoms with E-state index >= 15 is 0 Å². The number of rotatable bonds is 3. The zero-order chi connectivity index (χ0) is 12.6. The van der Waals surface area contributed by atoms with Gasteiger partial charge in [0, 0.05) is 6.92 Å². The summed E-state index contributed by atoms with van der Waals surface area (Å²) in [5.41, 5.74) is 6.30. The molecule has 0 saturated carbocycles. The highest BCUT2D eigenvalue weighted by Gasteiger charge is 2.10. The average molecular weight is 244 g/mol. The van der Waals surface area contributed by atoms with Crippen LogP contribution in [0.4, 0.5) is 0 Å². The first kappa shape index (κ1) is 14.6. The first-order valence-electron chi connectivity index (χ1n) is 4.62. The molecule has 4 nitrogen and oxygen atoms in total. The first-order valence-corrected chi connectivity index (χ1v) is 4.99. The van der Waals surface area contributed by atoms with E-state index in [0.717, 1.165) is 5.56 Å². The fourth-order valence-corrected chi connectivity index (χ4v) is 0.955. The van der Waals surface area contributed by atoms with E-state index in [-0.39, 0.29) is 5.24 Å². The Balaban J connectivity index is 0.000000487. The summed E-state index contributed by atoms with van der Waals surface area (Å²) in [5.74, 6) is -0.959. The van der Waals surface area contributed by atoms with E-state index < -0.39 is 12.0 Å². The summed E-state index contributed by atoms with van der Waals surface area (Å²) in [6.07, 6.45) is 0.385. The van der Waals surface area contributed by atoms with Crippen molar-refractivity contribution < 1.29 is 14.7 Å². The molecule has 0 fully saturated rings. The van der Waals surface area contributed by atoms with Crippen molar-refractivity contribution in [2.45, 2.75) is 19.4 Å². The Labute approximate surface area is 99.0 Å². The van der Waals surface area contributed by atoms with Crippen molar-refractivity contribution in [3.8, 4) is 0 Å². The summed E-state index contributed by atoms with van der Waals surface area (Å²) in [4.78, 5) is 19.6. The number of carboxylic acid groups (broad SMARTS) is 1. The number of halogens is 1. The van der Waals surface area contributed by atoms with Crippen molar-refractivity contribution in [3.05, 3.63) is 35.9 Å². The van der Waals surface area contributed by atoms with Gasteiger partial charge in [-0.3, -0.25) is 9.59 Å². The van der Waals surface area contributed by atoms with Crippen LogP contribution in [0.3, 0.4) is 0 Å². The lowest BCUT2D eigenvalue weighted by atomic mass is 10.1. The topological polar surface area (TPSA) is 80.4 Å². The molecule has 0 bridgehead atoms. The molecule has 1 aromatic carbocycles. The van der Waals surface area contributed by atoms with Gasteiger partial charge >= 0.3 is 5.97 Å². The van der Waals surface area contributed by atoms with Gasteiger partial charge in [-0.15, -0.1) is 0 Å². The van der Waals surface area contributed by atoms with Gasteiger partial charge in [-0.1, -0.05) is 30.3 Å². The first-order chi connectivity index (χ1) is 7.43. The van der Waals surface area contributed by atoms with Gasteiger partial charge in [0.2, 0.25) is 5.24 Å². The fourth-order valence-electron chi connectivity index (χ4n) is 0.955. The SMILES string of the molecule is CC(=O)Cl.NC(Cc1ccccc1)C(=O)O. The molecule has 1 rings (SSSR count). The molecular weight excluding hydrogens is 230 g/mol. The number of carbonyl (C=O) groups excluding carboxylic acids is 1. The predicted octanol–water partition coefficient (Wildman–Crippen LogP) is 1.41. The minimum atomic E-state index is -0.959. The number of carbonyl (C=O) groups is 2. The smallest absolute Gasteiger partial charge is 0.320 e. The van der Waals surface area contributed by atoms with Gasteiger partial charge < -0.3 is 10.8 Å². The third kappa shape index (κ3) is 7.96. The highest BCUT2D eigenvalue weighted by Crippen LogP contribution is 2.01. The molecule has 0 saturated heterocycles. The molecule has 1 unspecified atom stereocenters. The van der Waals surface area contributed by atoms with Crippen molar-refractivity contribution in [2.75, 3.05) is 0 Å². The molecule has 3 N–H and O–H groups in total. The standard InChI is InChI=1S/C9H11NO2.C2H3ClO/c10-8(9(11)12)6-7-4-2-1-3-5-7;1-2(3)4/h1-5,8H,6,10H2,(H,11,12);1H3. The van der Waals surface area contributed by atoms with Crippen LogP contribution in [0.5, 0.6) is 0 Å².